The highest BCUT2D eigenvalue weighted by Gasteiger charge is 2.26. The molecule has 0 aromatic heterocycles. The van der Waals surface area contributed by atoms with Crippen LogP contribution in [0.3, 0.4) is 0 Å². The van der Waals surface area contributed by atoms with Crippen LogP contribution in [0.25, 0.3) is 0 Å². The van der Waals surface area contributed by atoms with Gasteiger partial charge in [0.05, 0.1) is 17.7 Å². The van der Waals surface area contributed by atoms with Gasteiger partial charge in [-0.1, -0.05) is 35.9 Å². The summed E-state index contributed by atoms with van der Waals surface area (Å²) >= 11 is 6.10. The fourth-order valence-corrected chi connectivity index (χ4v) is 3.15. The van der Waals surface area contributed by atoms with E-state index in [4.69, 9.17) is 21.1 Å². The largest absolute Gasteiger partial charge is 0.493 e. The van der Waals surface area contributed by atoms with Gasteiger partial charge in [-0.15, -0.1) is 0 Å². The van der Waals surface area contributed by atoms with Gasteiger partial charge in [-0.3, -0.25) is 9.59 Å². The number of halogens is 1. The number of carbonyl (C=O) groups excluding carboxylic acids is 2. The average molecular weight is 389 g/mol. The monoisotopic (exact) mass is 388 g/mol. The van der Waals surface area contributed by atoms with Crippen LogP contribution in [0.15, 0.2) is 48.5 Å². The molecule has 0 spiro atoms. The molecule has 27 heavy (non-hydrogen) atoms. The third-order valence-corrected chi connectivity index (χ3v) is 4.77. The van der Waals surface area contributed by atoms with Gasteiger partial charge in [0.25, 0.3) is 11.8 Å². The molecule has 0 atom stereocenters. The van der Waals surface area contributed by atoms with Gasteiger partial charge in [-0.25, -0.2) is 0 Å². The highest BCUT2D eigenvalue weighted by molar-refractivity contribution is 6.33. The highest BCUT2D eigenvalue weighted by Crippen LogP contribution is 2.25. The van der Waals surface area contributed by atoms with Crippen LogP contribution < -0.4 is 9.47 Å². The van der Waals surface area contributed by atoms with E-state index in [1.54, 1.807) is 53.3 Å². The molecule has 0 N–H and O–H groups in total. The second-order valence-corrected chi connectivity index (χ2v) is 6.50. The summed E-state index contributed by atoms with van der Waals surface area (Å²) < 4.78 is 10.8. The standard InChI is InChI=1S/C20H21ClN2O4/c1-26-17-8-4-5-9-18(17)27-14-19(24)22-10-12-23(13-11-22)20(25)15-6-2-3-7-16(15)21/h2-9H,10-14H2,1H3. The number of nitrogens with zero attached hydrogens (tertiary/aromatic N) is 2. The third kappa shape index (κ3) is 4.52. The van der Waals surface area contributed by atoms with Crippen molar-refractivity contribution in [2.75, 3.05) is 39.9 Å². The van der Waals surface area contributed by atoms with Crippen LogP contribution in [0.1, 0.15) is 10.4 Å². The predicted octanol–water partition coefficient (Wildman–Crippen LogP) is 2.71. The van der Waals surface area contributed by atoms with Crippen LogP contribution in [0.5, 0.6) is 11.5 Å². The van der Waals surface area contributed by atoms with Crippen molar-refractivity contribution in [1.29, 1.82) is 0 Å². The normalized spacial score (nSPS) is 14.0. The summed E-state index contributed by atoms with van der Waals surface area (Å²) in [6.07, 6.45) is 0. The van der Waals surface area contributed by atoms with Gasteiger partial charge in [0, 0.05) is 26.2 Å². The van der Waals surface area contributed by atoms with E-state index in [9.17, 15) is 9.59 Å². The molecule has 1 aliphatic rings. The zero-order valence-corrected chi connectivity index (χ0v) is 15.8. The van der Waals surface area contributed by atoms with Crippen LogP contribution in [-0.2, 0) is 4.79 Å². The predicted molar refractivity (Wildman–Crippen MR) is 102 cm³/mol. The van der Waals surface area contributed by atoms with E-state index in [-0.39, 0.29) is 18.4 Å². The van der Waals surface area contributed by atoms with Crippen molar-refractivity contribution < 1.29 is 19.1 Å². The quantitative estimate of drug-likeness (QED) is 0.790. The molecule has 0 aliphatic carbocycles. The van der Waals surface area contributed by atoms with Crippen LogP contribution in [0.2, 0.25) is 5.02 Å². The SMILES string of the molecule is COc1ccccc1OCC(=O)N1CCN(C(=O)c2ccccc2Cl)CC1. The third-order valence-electron chi connectivity index (χ3n) is 4.44. The van der Waals surface area contributed by atoms with Gasteiger partial charge in [0.15, 0.2) is 18.1 Å². The lowest BCUT2D eigenvalue weighted by Crippen LogP contribution is -2.51. The Morgan fingerprint density at radius 3 is 2.19 bits per heavy atom. The van der Waals surface area contributed by atoms with E-state index in [0.717, 1.165) is 0 Å². The maximum Gasteiger partial charge on any atom is 0.260 e. The molecule has 1 fully saturated rings. The molecule has 0 saturated carbocycles. The van der Waals surface area contributed by atoms with E-state index in [2.05, 4.69) is 0 Å². The van der Waals surface area contributed by atoms with Gasteiger partial charge in [-0.2, -0.15) is 0 Å². The summed E-state index contributed by atoms with van der Waals surface area (Å²) in [6.45, 7) is 1.78. The number of hydrogen-bond donors (Lipinski definition) is 0. The first-order valence-corrected chi connectivity index (χ1v) is 9.05. The molecule has 2 aromatic rings. The molecule has 1 aliphatic heterocycles. The number of piperazine rings is 1. The van der Waals surface area contributed by atoms with E-state index in [1.165, 1.54) is 0 Å². The fraction of sp³-hybridized carbons (Fsp3) is 0.300. The topological polar surface area (TPSA) is 59.1 Å². The number of rotatable bonds is 5. The Bertz CT molecular complexity index is 819. The van der Waals surface area contributed by atoms with Crippen molar-refractivity contribution in [3.05, 3.63) is 59.1 Å². The number of carbonyl (C=O) groups is 2. The van der Waals surface area contributed by atoms with Gasteiger partial charge < -0.3 is 19.3 Å². The van der Waals surface area contributed by atoms with E-state index < -0.39 is 0 Å². The molecule has 0 unspecified atom stereocenters. The second kappa shape index (κ2) is 8.77. The van der Waals surface area contributed by atoms with Crippen molar-refractivity contribution in [3.63, 3.8) is 0 Å². The summed E-state index contributed by atoms with van der Waals surface area (Å²) in [5.74, 6) is 0.880. The van der Waals surface area contributed by atoms with Crippen LogP contribution in [0, 0.1) is 0 Å². The minimum atomic E-state index is -0.120. The molecule has 0 radical (unpaired) electrons. The Kier molecular flexibility index (Phi) is 6.19. The maximum absolute atomic E-state index is 12.6. The molecule has 7 heteroatoms. The summed E-state index contributed by atoms with van der Waals surface area (Å²) in [6, 6.07) is 14.2. The number of benzene rings is 2. The molecule has 2 aromatic carbocycles. The summed E-state index contributed by atoms with van der Waals surface area (Å²) in [7, 11) is 1.55. The summed E-state index contributed by atoms with van der Waals surface area (Å²) in [5, 5.41) is 0.436. The zero-order valence-electron chi connectivity index (χ0n) is 15.1. The van der Waals surface area contributed by atoms with Crippen LogP contribution in [-0.4, -0.2) is 61.5 Å². The van der Waals surface area contributed by atoms with Gasteiger partial charge >= 0.3 is 0 Å². The van der Waals surface area contributed by atoms with Crippen LogP contribution in [0.4, 0.5) is 0 Å². The van der Waals surface area contributed by atoms with Crippen molar-refractivity contribution in [2.45, 2.75) is 0 Å². The maximum atomic E-state index is 12.6. The minimum Gasteiger partial charge on any atom is -0.493 e. The fourth-order valence-electron chi connectivity index (χ4n) is 2.93. The zero-order chi connectivity index (χ0) is 19.2. The number of hydrogen-bond acceptors (Lipinski definition) is 4. The Hall–Kier alpha value is -2.73. The van der Waals surface area contributed by atoms with Crippen molar-refractivity contribution in [1.82, 2.24) is 9.80 Å². The molecule has 0 bridgehead atoms. The number of amides is 2. The molecule has 3 rings (SSSR count). The van der Waals surface area contributed by atoms with Crippen molar-refractivity contribution in [3.8, 4) is 11.5 Å². The van der Waals surface area contributed by atoms with Gasteiger partial charge in [-0.05, 0) is 24.3 Å². The van der Waals surface area contributed by atoms with E-state index in [1.807, 2.05) is 12.1 Å². The Balaban J connectivity index is 1.52. The molecule has 2 amide bonds. The second-order valence-electron chi connectivity index (χ2n) is 6.09. The summed E-state index contributed by atoms with van der Waals surface area (Å²) in [4.78, 5) is 28.4. The van der Waals surface area contributed by atoms with Gasteiger partial charge in [0.2, 0.25) is 0 Å². The smallest absolute Gasteiger partial charge is 0.260 e. The summed E-state index contributed by atoms with van der Waals surface area (Å²) in [5.41, 5.74) is 0.485. The van der Waals surface area contributed by atoms with Crippen molar-refractivity contribution >= 4 is 23.4 Å². The lowest BCUT2D eigenvalue weighted by Gasteiger charge is -2.34. The number of methoxy groups -OCH3 is 1. The minimum absolute atomic E-state index is 0.0706. The molecule has 142 valence electrons. The molecule has 1 saturated heterocycles. The first kappa shape index (κ1) is 19.0. The lowest BCUT2D eigenvalue weighted by atomic mass is 10.2. The Morgan fingerprint density at radius 1 is 0.926 bits per heavy atom. The molecular formula is C20H21ClN2O4. The molecule has 6 nitrogen and oxygen atoms in total. The Labute approximate surface area is 163 Å². The lowest BCUT2D eigenvalue weighted by molar-refractivity contribution is -0.134. The van der Waals surface area contributed by atoms with Crippen LogP contribution >= 0.6 is 11.6 Å². The number of para-hydroxylation sites is 2. The molecule has 1 heterocycles. The molecular weight excluding hydrogens is 368 g/mol. The van der Waals surface area contributed by atoms with E-state index >= 15 is 0 Å². The number of ether oxygens (including phenoxy) is 2. The average Bonchev–Trinajstić information content (AvgIpc) is 2.72. The first-order valence-electron chi connectivity index (χ1n) is 8.67. The van der Waals surface area contributed by atoms with Crippen molar-refractivity contribution in [2.24, 2.45) is 0 Å². The first-order chi connectivity index (χ1) is 13.1. The Morgan fingerprint density at radius 2 is 1.52 bits per heavy atom. The van der Waals surface area contributed by atoms with E-state index in [0.29, 0.717) is 48.3 Å². The highest BCUT2D eigenvalue weighted by atomic mass is 35.5. The van der Waals surface area contributed by atoms with Gasteiger partial charge in [0.1, 0.15) is 0 Å².